The summed E-state index contributed by atoms with van der Waals surface area (Å²) >= 11 is 2.91. The van der Waals surface area contributed by atoms with Crippen LogP contribution in [0.15, 0.2) is 46.9 Å². The van der Waals surface area contributed by atoms with Crippen LogP contribution < -0.4 is 10.9 Å². The van der Waals surface area contributed by atoms with Gasteiger partial charge in [-0.15, -0.1) is 17.9 Å². The maximum absolute atomic E-state index is 13.2. The van der Waals surface area contributed by atoms with Gasteiger partial charge in [-0.25, -0.2) is 4.98 Å². The SMILES string of the molecule is C=CCn1c(SCC(=O)Nc2ccc(C(C)CC)cc2)nc2sc3c(c2c1=O)CCC3. The van der Waals surface area contributed by atoms with E-state index < -0.39 is 0 Å². The van der Waals surface area contributed by atoms with Gasteiger partial charge in [0.2, 0.25) is 5.91 Å². The molecule has 0 radical (unpaired) electrons. The number of amides is 1. The fraction of sp³-hybridized carbons (Fsp3) is 0.375. The lowest BCUT2D eigenvalue weighted by Crippen LogP contribution is -2.24. The number of anilines is 1. The third kappa shape index (κ3) is 4.48. The number of benzene rings is 1. The van der Waals surface area contributed by atoms with Crippen LogP contribution in [0.25, 0.3) is 10.2 Å². The molecular weight excluding hydrogens is 426 g/mol. The van der Waals surface area contributed by atoms with Gasteiger partial charge in [0.1, 0.15) is 4.83 Å². The number of aromatic nitrogens is 2. The van der Waals surface area contributed by atoms with E-state index in [1.165, 1.54) is 27.8 Å². The average molecular weight is 454 g/mol. The number of thioether (sulfide) groups is 1. The fourth-order valence-electron chi connectivity index (χ4n) is 3.92. The first-order valence-electron chi connectivity index (χ1n) is 10.7. The van der Waals surface area contributed by atoms with Crippen molar-refractivity contribution in [2.45, 2.75) is 57.1 Å². The Balaban J connectivity index is 1.50. The highest BCUT2D eigenvalue weighted by Gasteiger charge is 2.23. The molecule has 0 saturated heterocycles. The largest absolute Gasteiger partial charge is 0.325 e. The molecule has 2 heterocycles. The predicted octanol–water partition coefficient (Wildman–Crippen LogP) is 5.38. The van der Waals surface area contributed by atoms with E-state index in [9.17, 15) is 9.59 Å². The summed E-state index contributed by atoms with van der Waals surface area (Å²) in [7, 11) is 0. The van der Waals surface area contributed by atoms with Gasteiger partial charge < -0.3 is 5.32 Å². The third-order valence-electron chi connectivity index (χ3n) is 5.81. The summed E-state index contributed by atoms with van der Waals surface area (Å²) in [5.74, 6) is 0.573. The molecule has 1 amide bonds. The fourth-order valence-corrected chi connectivity index (χ4v) is 6.03. The topological polar surface area (TPSA) is 64.0 Å². The molecule has 1 aromatic carbocycles. The summed E-state index contributed by atoms with van der Waals surface area (Å²) in [5, 5.41) is 4.27. The second kappa shape index (κ2) is 9.40. The summed E-state index contributed by atoms with van der Waals surface area (Å²) in [5.41, 5.74) is 3.20. The number of hydrogen-bond donors (Lipinski definition) is 1. The van der Waals surface area contributed by atoms with Crippen molar-refractivity contribution in [1.29, 1.82) is 0 Å². The standard InChI is InChI=1S/C24H27N3O2S2/c1-4-13-27-23(29)21-18-7-6-8-19(18)31-22(21)26-24(27)30-14-20(28)25-17-11-9-16(10-12-17)15(3)5-2/h4,9-12,15H,1,5-8,13-14H2,2-3H3,(H,25,28). The summed E-state index contributed by atoms with van der Waals surface area (Å²) in [6.45, 7) is 8.52. The number of rotatable bonds is 8. The van der Waals surface area contributed by atoms with Gasteiger partial charge in [-0.05, 0) is 54.9 Å². The zero-order valence-corrected chi connectivity index (χ0v) is 19.6. The number of thiophene rings is 1. The van der Waals surface area contributed by atoms with Crippen LogP contribution in [0.1, 0.15) is 48.6 Å². The van der Waals surface area contributed by atoms with Crippen LogP contribution in [0.2, 0.25) is 0 Å². The number of carbonyl (C=O) groups excluding carboxylic acids is 1. The third-order valence-corrected chi connectivity index (χ3v) is 7.97. The molecule has 0 aliphatic heterocycles. The summed E-state index contributed by atoms with van der Waals surface area (Å²) in [6, 6.07) is 8.00. The minimum atomic E-state index is -0.116. The highest BCUT2D eigenvalue weighted by molar-refractivity contribution is 7.99. The maximum atomic E-state index is 13.2. The summed E-state index contributed by atoms with van der Waals surface area (Å²) < 4.78 is 1.64. The minimum Gasteiger partial charge on any atom is -0.325 e. The molecule has 2 aromatic heterocycles. The van der Waals surface area contributed by atoms with Gasteiger partial charge in [0.15, 0.2) is 5.16 Å². The van der Waals surface area contributed by atoms with E-state index in [1.54, 1.807) is 22.0 Å². The van der Waals surface area contributed by atoms with Crippen molar-refractivity contribution in [2.24, 2.45) is 0 Å². The van der Waals surface area contributed by atoms with E-state index in [0.29, 0.717) is 17.6 Å². The molecule has 0 saturated carbocycles. The molecule has 4 rings (SSSR count). The molecule has 7 heteroatoms. The Morgan fingerprint density at radius 1 is 1.35 bits per heavy atom. The molecule has 31 heavy (non-hydrogen) atoms. The highest BCUT2D eigenvalue weighted by Crippen LogP contribution is 2.35. The van der Waals surface area contributed by atoms with Crippen molar-refractivity contribution in [1.82, 2.24) is 9.55 Å². The monoisotopic (exact) mass is 453 g/mol. The molecule has 3 aromatic rings. The van der Waals surface area contributed by atoms with Gasteiger partial charge in [0.25, 0.3) is 5.56 Å². The van der Waals surface area contributed by atoms with Gasteiger partial charge in [-0.1, -0.05) is 43.8 Å². The second-order valence-corrected chi connectivity index (χ2v) is 9.93. The summed E-state index contributed by atoms with van der Waals surface area (Å²) in [6.07, 6.45) is 5.86. The molecule has 0 spiro atoms. The number of hydrogen-bond acceptors (Lipinski definition) is 5. The molecule has 1 unspecified atom stereocenters. The first-order valence-corrected chi connectivity index (χ1v) is 12.5. The Kier molecular flexibility index (Phi) is 6.62. The lowest BCUT2D eigenvalue weighted by Gasteiger charge is -2.12. The normalized spacial score (nSPS) is 13.9. The Morgan fingerprint density at radius 3 is 2.84 bits per heavy atom. The van der Waals surface area contributed by atoms with E-state index in [4.69, 9.17) is 4.98 Å². The first-order chi connectivity index (χ1) is 15.0. The molecule has 1 aliphatic carbocycles. The number of aryl methyl sites for hydroxylation is 2. The van der Waals surface area contributed by atoms with Crippen LogP contribution >= 0.6 is 23.1 Å². The lowest BCUT2D eigenvalue weighted by molar-refractivity contribution is -0.113. The van der Waals surface area contributed by atoms with E-state index in [2.05, 4.69) is 37.9 Å². The minimum absolute atomic E-state index is 0.0205. The zero-order valence-electron chi connectivity index (χ0n) is 17.9. The Labute approximate surface area is 190 Å². The van der Waals surface area contributed by atoms with Crippen molar-refractivity contribution in [2.75, 3.05) is 11.1 Å². The average Bonchev–Trinajstić information content (AvgIpc) is 3.35. The highest BCUT2D eigenvalue weighted by atomic mass is 32.2. The number of nitrogens with zero attached hydrogens (tertiary/aromatic N) is 2. The van der Waals surface area contributed by atoms with Crippen LogP contribution in [-0.4, -0.2) is 21.2 Å². The van der Waals surface area contributed by atoms with Gasteiger partial charge in [0.05, 0.1) is 11.1 Å². The van der Waals surface area contributed by atoms with Crippen molar-refractivity contribution in [3.05, 3.63) is 63.3 Å². The molecule has 162 valence electrons. The summed E-state index contributed by atoms with van der Waals surface area (Å²) in [4.78, 5) is 32.5. The van der Waals surface area contributed by atoms with Crippen LogP contribution in [0, 0.1) is 0 Å². The molecule has 1 aliphatic rings. The molecular formula is C24H27N3O2S2. The smallest absolute Gasteiger partial charge is 0.263 e. The number of carbonyl (C=O) groups is 1. The van der Waals surface area contributed by atoms with E-state index >= 15 is 0 Å². The predicted molar refractivity (Wildman–Crippen MR) is 131 cm³/mol. The first kappa shape index (κ1) is 21.8. The van der Waals surface area contributed by atoms with Crippen LogP contribution in [0.5, 0.6) is 0 Å². The zero-order chi connectivity index (χ0) is 22.0. The van der Waals surface area contributed by atoms with Crippen molar-refractivity contribution >= 4 is 44.9 Å². The van der Waals surface area contributed by atoms with Gasteiger partial charge in [-0.2, -0.15) is 0 Å². The number of nitrogens with one attached hydrogen (secondary N) is 1. The van der Waals surface area contributed by atoms with E-state index in [0.717, 1.165) is 41.6 Å². The van der Waals surface area contributed by atoms with Crippen LogP contribution in [0.4, 0.5) is 5.69 Å². The second-order valence-electron chi connectivity index (χ2n) is 7.90. The van der Waals surface area contributed by atoms with Gasteiger partial charge in [-0.3, -0.25) is 14.2 Å². The van der Waals surface area contributed by atoms with E-state index in [-0.39, 0.29) is 17.2 Å². The van der Waals surface area contributed by atoms with E-state index in [1.807, 2.05) is 12.1 Å². The van der Waals surface area contributed by atoms with Crippen LogP contribution in [0.3, 0.4) is 0 Å². The Morgan fingerprint density at radius 2 is 2.13 bits per heavy atom. The molecule has 1 atom stereocenters. The lowest BCUT2D eigenvalue weighted by atomic mass is 9.99. The Hall–Kier alpha value is -2.38. The van der Waals surface area contributed by atoms with Crippen molar-refractivity contribution < 1.29 is 4.79 Å². The molecule has 0 fully saturated rings. The van der Waals surface area contributed by atoms with Gasteiger partial charge in [0, 0.05) is 17.1 Å². The maximum Gasteiger partial charge on any atom is 0.263 e. The van der Waals surface area contributed by atoms with Crippen molar-refractivity contribution in [3.8, 4) is 0 Å². The number of allylic oxidation sites excluding steroid dienone is 1. The van der Waals surface area contributed by atoms with Crippen molar-refractivity contribution in [3.63, 3.8) is 0 Å². The molecule has 1 N–H and O–H groups in total. The molecule has 5 nitrogen and oxygen atoms in total. The number of fused-ring (bicyclic) bond motifs is 3. The quantitative estimate of drug-likeness (QED) is 0.283. The van der Waals surface area contributed by atoms with Gasteiger partial charge >= 0.3 is 0 Å². The Bertz CT molecular complexity index is 1180. The molecule has 0 bridgehead atoms. The van der Waals surface area contributed by atoms with Crippen LogP contribution in [-0.2, 0) is 24.2 Å².